The van der Waals surface area contributed by atoms with Gasteiger partial charge in [0.05, 0.1) is 12.4 Å². The molecule has 5 nitrogen and oxygen atoms in total. The SMILES string of the molecule is NC1=C[C@H](CCOc2nccc(C(F)(F)F)n2)CN1. The first kappa shape index (κ1) is 13.4. The molecule has 0 spiro atoms. The summed E-state index contributed by atoms with van der Waals surface area (Å²) in [4.78, 5) is 6.95. The zero-order chi connectivity index (χ0) is 13.9. The number of nitrogens with zero attached hydrogens (tertiary/aromatic N) is 2. The number of alkyl halides is 3. The molecule has 0 bridgehead atoms. The van der Waals surface area contributed by atoms with Crippen LogP contribution < -0.4 is 15.8 Å². The molecule has 0 fully saturated rings. The molecule has 2 heterocycles. The van der Waals surface area contributed by atoms with Crippen LogP contribution in [0.1, 0.15) is 12.1 Å². The zero-order valence-electron chi connectivity index (χ0n) is 9.94. The van der Waals surface area contributed by atoms with Crippen molar-refractivity contribution < 1.29 is 17.9 Å². The number of hydrogen-bond acceptors (Lipinski definition) is 5. The van der Waals surface area contributed by atoms with Crippen LogP contribution in [0.25, 0.3) is 0 Å². The lowest BCUT2D eigenvalue weighted by molar-refractivity contribution is -0.141. The molecule has 0 saturated heterocycles. The second-order valence-corrected chi connectivity index (χ2v) is 4.12. The Hall–Kier alpha value is -1.99. The Kier molecular flexibility index (Phi) is 3.77. The fourth-order valence-electron chi connectivity index (χ4n) is 1.68. The molecule has 0 radical (unpaired) electrons. The van der Waals surface area contributed by atoms with E-state index in [2.05, 4.69) is 15.3 Å². The van der Waals surface area contributed by atoms with E-state index >= 15 is 0 Å². The van der Waals surface area contributed by atoms with Crippen molar-refractivity contribution in [1.82, 2.24) is 15.3 Å². The Morgan fingerprint density at radius 2 is 2.26 bits per heavy atom. The molecule has 0 amide bonds. The van der Waals surface area contributed by atoms with Crippen molar-refractivity contribution in [3.8, 4) is 6.01 Å². The molecule has 8 heteroatoms. The minimum atomic E-state index is -4.49. The Morgan fingerprint density at radius 3 is 2.89 bits per heavy atom. The predicted octanol–water partition coefficient (Wildman–Crippen LogP) is 1.28. The highest BCUT2D eigenvalue weighted by molar-refractivity contribution is 5.09. The van der Waals surface area contributed by atoms with Crippen LogP contribution in [0.15, 0.2) is 24.2 Å². The van der Waals surface area contributed by atoms with Gasteiger partial charge >= 0.3 is 12.2 Å². The highest BCUT2D eigenvalue weighted by atomic mass is 19.4. The summed E-state index contributed by atoms with van der Waals surface area (Å²) in [5.41, 5.74) is 4.53. The summed E-state index contributed by atoms with van der Waals surface area (Å²) in [6.07, 6.45) is -0.975. The third-order valence-electron chi connectivity index (χ3n) is 2.63. The largest absolute Gasteiger partial charge is 0.463 e. The van der Waals surface area contributed by atoms with Crippen molar-refractivity contribution in [3.05, 3.63) is 29.9 Å². The molecule has 1 aliphatic heterocycles. The van der Waals surface area contributed by atoms with Crippen LogP contribution in [0, 0.1) is 5.92 Å². The molecule has 0 unspecified atom stereocenters. The molecular formula is C11H13F3N4O. The maximum Gasteiger partial charge on any atom is 0.433 e. The van der Waals surface area contributed by atoms with Crippen LogP contribution in [-0.4, -0.2) is 23.1 Å². The van der Waals surface area contributed by atoms with Crippen molar-refractivity contribution in [1.29, 1.82) is 0 Å². The van der Waals surface area contributed by atoms with Crippen LogP contribution in [0.5, 0.6) is 6.01 Å². The first-order valence-electron chi connectivity index (χ1n) is 5.69. The summed E-state index contributed by atoms with van der Waals surface area (Å²) in [5, 5.41) is 2.95. The molecule has 19 heavy (non-hydrogen) atoms. The van der Waals surface area contributed by atoms with Gasteiger partial charge in [-0.2, -0.15) is 18.2 Å². The van der Waals surface area contributed by atoms with E-state index in [0.29, 0.717) is 18.8 Å². The molecule has 3 N–H and O–H groups in total. The van der Waals surface area contributed by atoms with E-state index in [-0.39, 0.29) is 18.5 Å². The van der Waals surface area contributed by atoms with Crippen molar-refractivity contribution >= 4 is 0 Å². The topological polar surface area (TPSA) is 73.1 Å². The average Bonchev–Trinajstić information content (AvgIpc) is 2.74. The smallest absolute Gasteiger partial charge is 0.433 e. The number of nitrogens with two attached hydrogens (primary N) is 1. The van der Waals surface area contributed by atoms with Gasteiger partial charge in [0.15, 0.2) is 5.69 Å². The molecule has 0 aromatic carbocycles. The standard InChI is InChI=1S/C11H13F3N4O/c12-11(13,14)8-1-3-16-10(18-8)19-4-2-7-5-9(15)17-6-7/h1,3,5,7,17H,2,4,6,15H2/t7-/m0/s1. The zero-order valence-corrected chi connectivity index (χ0v) is 9.94. The average molecular weight is 274 g/mol. The molecule has 1 aliphatic rings. The Morgan fingerprint density at radius 1 is 1.47 bits per heavy atom. The van der Waals surface area contributed by atoms with Crippen LogP contribution in [0.4, 0.5) is 13.2 Å². The van der Waals surface area contributed by atoms with E-state index in [9.17, 15) is 13.2 Å². The number of rotatable bonds is 4. The molecule has 0 aliphatic carbocycles. The van der Waals surface area contributed by atoms with Crippen LogP contribution in [0.2, 0.25) is 0 Å². The Bertz CT molecular complexity index is 475. The summed E-state index contributed by atoms with van der Waals surface area (Å²) < 4.78 is 42.3. The van der Waals surface area contributed by atoms with E-state index in [4.69, 9.17) is 10.5 Å². The first-order chi connectivity index (χ1) is 8.95. The summed E-state index contributed by atoms with van der Waals surface area (Å²) >= 11 is 0. The second kappa shape index (κ2) is 5.33. The minimum absolute atomic E-state index is 0.214. The molecular weight excluding hydrogens is 261 g/mol. The minimum Gasteiger partial charge on any atom is -0.463 e. The lowest BCUT2D eigenvalue weighted by Crippen LogP contribution is -2.17. The molecule has 104 valence electrons. The number of ether oxygens (including phenoxy) is 1. The molecule has 2 rings (SSSR count). The third kappa shape index (κ3) is 3.73. The maximum absolute atomic E-state index is 12.4. The number of aromatic nitrogens is 2. The van der Waals surface area contributed by atoms with Gasteiger partial charge in [-0.3, -0.25) is 0 Å². The summed E-state index contributed by atoms with van der Waals surface area (Å²) in [6.45, 7) is 0.941. The van der Waals surface area contributed by atoms with Crippen molar-refractivity contribution in [3.63, 3.8) is 0 Å². The van der Waals surface area contributed by atoms with Gasteiger partial charge in [0.2, 0.25) is 0 Å². The van der Waals surface area contributed by atoms with Gasteiger partial charge in [0.25, 0.3) is 0 Å². The van der Waals surface area contributed by atoms with E-state index in [0.717, 1.165) is 12.3 Å². The Balaban J connectivity index is 1.86. The van der Waals surface area contributed by atoms with E-state index in [1.807, 2.05) is 6.08 Å². The fraction of sp³-hybridized carbons (Fsp3) is 0.455. The fourth-order valence-corrected chi connectivity index (χ4v) is 1.68. The highest BCUT2D eigenvalue weighted by Crippen LogP contribution is 2.27. The van der Waals surface area contributed by atoms with Gasteiger partial charge in [0.1, 0.15) is 0 Å². The van der Waals surface area contributed by atoms with Gasteiger partial charge < -0.3 is 15.8 Å². The quantitative estimate of drug-likeness (QED) is 0.865. The second-order valence-electron chi connectivity index (χ2n) is 4.12. The summed E-state index contributed by atoms with van der Waals surface area (Å²) in [5.74, 6) is 0.825. The normalized spacial score (nSPS) is 18.9. The third-order valence-corrected chi connectivity index (χ3v) is 2.63. The molecule has 1 atom stereocenters. The number of nitrogens with one attached hydrogen (secondary N) is 1. The van der Waals surface area contributed by atoms with E-state index < -0.39 is 11.9 Å². The predicted molar refractivity (Wildman–Crippen MR) is 60.9 cm³/mol. The lowest BCUT2D eigenvalue weighted by atomic mass is 10.1. The van der Waals surface area contributed by atoms with Crippen LogP contribution in [0.3, 0.4) is 0 Å². The number of hydrogen-bond donors (Lipinski definition) is 2. The lowest BCUT2D eigenvalue weighted by Gasteiger charge is -2.09. The summed E-state index contributed by atoms with van der Waals surface area (Å²) in [6, 6.07) is 0.537. The highest BCUT2D eigenvalue weighted by Gasteiger charge is 2.33. The van der Waals surface area contributed by atoms with Crippen molar-refractivity contribution in [2.24, 2.45) is 11.7 Å². The first-order valence-corrected chi connectivity index (χ1v) is 5.69. The van der Waals surface area contributed by atoms with Crippen LogP contribution in [-0.2, 0) is 6.18 Å². The number of halogens is 3. The van der Waals surface area contributed by atoms with Gasteiger partial charge in [-0.25, -0.2) is 4.98 Å². The van der Waals surface area contributed by atoms with Gasteiger partial charge in [-0.1, -0.05) is 0 Å². The van der Waals surface area contributed by atoms with E-state index in [1.165, 1.54) is 0 Å². The van der Waals surface area contributed by atoms with Gasteiger partial charge in [-0.15, -0.1) is 0 Å². The van der Waals surface area contributed by atoms with E-state index in [1.54, 1.807) is 0 Å². The van der Waals surface area contributed by atoms with Crippen molar-refractivity contribution in [2.45, 2.75) is 12.6 Å². The monoisotopic (exact) mass is 274 g/mol. The van der Waals surface area contributed by atoms with Crippen LogP contribution >= 0.6 is 0 Å². The maximum atomic E-state index is 12.4. The van der Waals surface area contributed by atoms with Crippen molar-refractivity contribution in [2.75, 3.05) is 13.2 Å². The summed E-state index contributed by atoms with van der Waals surface area (Å²) in [7, 11) is 0. The van der Waals surface area contributed by atoms with Gasteiger partial charge in [-0.05, 0) is 18.6 Å². The van der Waals surface area contributed by atoms with Gasteiger partial charge in [0, 0.05) is 18.7 Å². The molecule has 1 aromatic rings. The Labute approximate surface area is 107 Å². The molecule has 1 aromatic heterocycles. The molecule has 0 saturated carbocycles.